The lowest BCUT2D eigenvalue weighted by atomic mass is 10.1. The summed E-state index contributed by atoms with van der Waals surface area (Å²) in [4.78, 5) is 29.8. The molecule has 0 saturated heterocycles. The molecule has 8 heteroatoms. The van der Waals surface area contributed by atoms with Gasteiger partial charge in [0.15, 0.2) is 0 Å². The Balaban J connectivity index is 2.46. The lowest BCUT2D eigenvalue weighted by Crippen LogP contribution is -2.44. The summed E-state index contributed by atoms with van der Waals surface area (Å²) >= 11 is 0. The van der Waals surface area contributed by atoms with Crippen LogP contribution in [0.3, 0.4) is 0 Å². The summed E-state index contributed by atoms with van der Waals surface area (Å²) in [6.45, 7) is 7.51. The highest BCUT2D eigenvalue weighted by atomic mass is 16.6. The number of pyridine rings is 1. The topological polar surface area (TPSA) is 104 Å². The number of amides is 1. The van der Waals surface area contributed by atoms with Crippen molar-refractivity contribution < 1.29 is 23.8 Å². The van der Waals surface area contributed by atoms with Gasteiger partial charge in [-0.1, -0.05) is 0 Å². The Morgan fingerprint density at radius 3 is 2.68 bits per heavy atom. The molecule has 0 radical (unpaired) electrons. The van der Waals surface area contributed by atoms with E-state index in [2.05, 4.69) is 9.72 Å². The fourth-order valence-corrected chi connectivity index (χ4v) is 2.32. The van der Waals surface area contributed by atoms with Crippen molar-refractivity contribution in [2.24, 2.45) is 0 Å². The molecule has 0 bridgehead atoms. The molecule has 0 aromatic carbocycles. The number of methoxy groups -OCH3 is 1. The number of hydrogen-bond acceptors (Lipinski definition) is 7. The minimum Gasteiger partial charge on any atom is -0.497 e. The van der Waals surface area contributed by atoms with Gasteiger partial charge in [0.25, 0.3) is 0 Å². The summed E-state index contributed by atoms with van der Waals surface area (Å²) in [6, 6.07) is 1.19. The van der Waals surface area contributed by atoms with Crippen LogP contribution in [-0.2, 0) is 14.2 Å². The second-order valence-electron chi connectivity index (χ2n) is 6.68. The summed E-state index contributed by atoms with van der Waals surface area (Å²) in [5, 5.41) is 0. The van der Waals surface area contributed by atoms with Gasteiger partial charge < -0.3 is 19.9 Å². The summed E-state index contributed by atoms with van der Waals surface area (Å²) in [7, 11) is 1.26. The van der Waals surface area contributed by atoms with E-state index in [4.69, 9.17) is 15.2 Å². The van der Waals surface area contributed by atoms with Crippen LogP contribution in [-0.4, -0.2) is 47.3 Å². The van der Waals surface area contributed by atoms with Gasteiger partial charge in [-0.25, -0.2) is 14.6 Å². The zero-order valence-electron chi connectivity index (χ0n) is 15.0. The quantitative estimate of drug-likeness (QED) is 0.818. The maximum Gasteiger partial charge on any atom is 0.415 e. The molecule has 2 rings (SSSR count). The molecule has 8 nitrogen and oxygen atoms in total. The SMILES string of the molecule is COC(=O)c1cc(C2=COC[C@H](C)N2C(=O)OC(C)(C)C)c(N)cn1. The van der Waals surface area contributed by atoms with Crippen LogP contribution in [0.2, 0.25) is 0 Å². The molecular weight excluding hydrogens is 326 g/mol. The lowest BCUT2D eigenvalue weighted by molar-refractivity contribution is 0.0204. The summed E-state index contributed by atoms with van der Waals surface area (Å²) in [6.07, 6.45) is 2.25. The zero-order valence-corrected chi connectivity index (χ0v) is 15.0. The number of anilines is 1. The van der Waals surface area contributed by atoms with Crippen molar-refractivity contribution in [2.45, 2.75) is 39.3 Å². The Bertz CT molecular complexity index is 709. The monoisotopic (exact) mass is 349 g/mol. The normalized spacial score (nSPS) is 17.4. The summed E-state index contributed by atoms with van der Waals surface area (Å²) < 4.78 is 15.6. The Kier molecular flexibility index (Phi) is 5.20. The maximum absolute atomic E-state index is 12.7. The van der Waals surface area contributed by atoms with E-state index in [1.807, 2.05) is 6.92 Å². The Morgan fingerprint density at radius 1 is 1.40 bits per heavy atom. The Morgan fingerprint density at radius 2 is 2.08 bits per heavy atom. The molecule has 136 valence electrons. The molecule has 1 aromatic heterocycles. The standard InChI is InChI=1S/C17H23N3O5/c1-10-8-24-9-14(20(10)16(22)25-17(2,3)4)11-6-13(15(21)23-5)19-7-12(11)18/h6-7,9-10H,8,18H2,1-5H3/t10-/m0/s1. The van der Waals surface area contributed by atoms with Gasteiger partial charge in [0.2, 0.25) is 0 Å². The van der Waals surface area contributed by atoms with Crippen molar-refractivity contribution in [3.63, 3.8) is 0 Å². The number of aromatic nitrogens is 1. The van der Waals surface area contributed by atoms with Crippen LogP contribution in [0, 0.1) is 0 Å². The van der Waals surface area contributed by atoms with Crippen LogP contribution in [0.5, 0.6) is 0 Å². The molecule has 1 amide bonds. The minimum atomic E-state index is -0.652. The summed E-state index contributed by atoms with van der Waals surface area (Å²) in [5.41, 5.74) is 6.57. The highest BCUT2D eigenvalue weighted by Gasteiger charge is 2.33. The van der Waals surface area contributed by atoms with E-state index in [-0.39, 0.29) is 11.7 Å². The van der Waals surface area contributed by atoms with Crippen LogP contribution < -0.4 is 5.73 Å². The number of rotatable bonds is 2. The number of nitrogens with zero attached hydrogens (tertiary/aromatic N) is 2. The van der Waals surface area contributed by atoms with Gasteiger partial charge in [-0.15, -0.1) is 0 Å². The van der Waals surface area contributed by atoms with Crippen LogP contribution in [0.15, 0.2) is 18.5 Å². The van der Waals surface area contributed by atoms with Gasteiger partial charge >= 0.3 is 12.1 Å². The van der Waals surface area contributed by atoms with Crippen LogP contribution in [0.1, 0.15) is 43.7 Å². The van der Waals surface area contributed by atoms with Gasteiger partial charge in [0.05, 0.1) is 30.7 Å². The highest BCUT2D eigenvalue weighted by molar-refractivity contribution is 5.91. The molecule has 2 N–H and O–H groups in total. The molecule has 1 aromatic rings. The first-order valence-electron chi connectivity index (χ1n) is 7.82. The van der Waals surface area contributed by atoms with Gasteiger partial charge in [0.1, 0.15) is 24.2 Å². The molecule has 0 aliphatic carbocycles. The van der Waals surface area contributed by atoms with Crippen LogP contribution in [0.25, 0.3) is 5.70 Å². The van der Waals surface area contributed by atoms with E-state index in [9.17, 15) is 9.59 Å². The van der Waals surface area contributed by atoms with Crippen LogP contribution in [0.4, 0.5) is 10.5 Å². The number of hydrogen-bond donors (Lipinski definition) is 1. The van der Waals surface area contributed by atoms with Crippen molar-refractivity contribution in [2.75, 3.05) is 19.5 Å². The van der Waals surface area contributed by atoms with Crippen LogP contribution >= 0.6 is 0 Å². The predicted molar refractivity (Wildman–Crippen MR) is 91.5 cm³/mol. The van der Waals surface area contributed by atoms with Gasteiger partial charge in [-0.3, -0.25) is 4.90 Å². The largest absolute Gasteiger partial charge is 0.497 e. The minimum absolute atomic E-state index is 0.0787. The van der Waals surface area contributed by atoms with E-state index < -0.39 is 17.7 Å². The van der Waals surface area contributed by atoms with Gasteiger partial charge in [0, 0.05) is 5.56 Å². The predicted octanol–water partition coefficient (Wildman–Crippen LogP) is 2.40. The first-order chi connectivity index (χ1) is 11.6. The number of ether oxygens (including phenoxy) is 3. The number of carbonyl (C=O) groups excluding carboxylic acids is 2. The van der Waals surface area contributed by atoms with Gasteiger partial charge in [-0.2, -0.15) is 0 Å². The van der Waals surface area contributed by atoms with Crippen molar-refractivity contribution in [3.8, 4) is 0 Å². The van der Waals surface area contributed by atoms with E-state index in [1.54, 1.807) is 20.8 Å². The average Bonchev–Trinajstić information content (AvgIpc) is 2.52. The summed E-state index contributed by atoms with van der Waals surface area (Å²) in [5.74, 6) is -0.601. The molecular formula is C17H23N3O5. The molecule has 2 heterocycles. The molecule has 1 aliphatic rings. The Hall–Kier alpha value is -2.77. The fourth-order valence-electron chi connectivity index (χ4n) is 2.32. The van der Waals surface area contributed by atoms with Gasteiger partial charge in [-0.05, 0) is 33.8 Å². The molecule has 1 atom stereocenters. The third-order valence-corrected chi connectivity index (χ3v) is 3.43. The van der Waals surface area contributed by atoms with E-state index in [0.29, 0.717) is 23.6 Å². The molecule has 1 aliphatic heterocycles. The van der Waals surface area contributed by atoms with Crippen molar-refractivity contribution >= 4 is 23.4 Å². The Labute approximate surface area is 146 Å². The average molecular weight is 349 g/mol. The van der Waals surface area contributed by atoms with Crippen molar-refractivity contribution in [1.29, 1.82) is 0 Å². The zero-order chi connectivity index (χ0) is 18.8. The van der Waals surface area contributed by atoms with E-state index in [1.165, 1.54) is 30.5 Å². The molecule has 25 heavy (non-hydrogen) atoms. The second-order valence-corrected chi connectivity index (χ2v) is 6.68. The first kappa shape index (κ1) is 18.6. The molecule has 0 fully saturated rings. The lowest BCUT2D eigenvalue weighted by Gasteiger charge is -2.35. The van der Waals surface area contributed by atoms with Crippen molar-refractivity contribution in [3.05, 3.63) is 29.8 Å². The molecule has 0 spiro atoms. The maximum atomic E-state index is 12.7. The molecule has 0 saturated carbocycles. The number of esters is 1. The van der Waals surface area contributed by atoms with E-state index >= 15 is 0 Å². The van der Waals surface area contributed by atoms with E-state index in [0.717, 1.165) is 0 Å². The number of nitrogen functional groups attached to an aromatic ring is 1. The second kappa shape index (κ2) is 7.00. The molecule has 0 unspecified atom stereocenters. The smallest absolute Gasteiger partial charge is 0.415 e. The highest BCUT2D eigenvalue weighted by Crippen LogP contribution is 2.31. The van der Waals surface area contributed by atoms with Crippen molar-refractivity contribution in [1.82, 2.24) is 9.88 Å². The third kappa shape index (κ3) is 4.20. The first-order valence-corrected chi connectivity index (χ1v) is 7.82. The number of nitrogens with two attached hydrogens (primary N) is 1. The number of carbonyl (C=O) groups is 2. The third-order valence-electron chi connectivity index (χ3n) is 3.43. The fraction of sp³-hybridized carbons (Fsp3) is 0.471.